The number of anilines is 1. The highest BCUT2D eigenvalue weighted by molar-refractivity contribution is 7.89. The van der Waals surface area contributed by atoms with Crippen molar-refractivity contribution in [2.45, 2.75) is 11.4 Å². The Hall–Kier alpha value is -2.72. The summed E-state index contributed by atoms with van der Waals surface area (Å²) in [5, 5.41) is 0. The molecule has 0 atom stereocenters. The van der Waals surface area contributed by atoms with E-state index in [9.17, 15) is 13.2 Å². The van der Waals surface area contributed by atoms with Crippen molar-refractivity contribution in [1.82, 2.24) is 14.7 Å². The number of nitrogens with zero attached hydrogens (tertiary/aromatic N) is 3. The highest BCUT2D eigenvalue weighted by Crippen LogP contribution is 2.22. The number of hydrogen-bond acceptors (Lipinski definition) is 7. The first-order valence-corrected chi connectivity index (χ1v) is 8.69. The van der Waals surface area contributed by atoms with E-state index < -0.39 is 15.9 Å². The molecule has 0 saturated heterocycles. The maximum atomic E-state index is 12.4. The number of sulfonamides is 1. The third kappa shape index (κ3) is 4.43. The van der Waals surface area contributed by atoms with Crippen molar-refractivity contribution in [3.8, 4) is 5.75 Å². The molecule has 0 aliphatic heterocycles. The molecule has 0 aliphatic carbocycles. The van der Waals surface area contributed by atoms with Gasteiger partial charge in [0, 0.05) is 20.3 Å². The van der Waals surface area contributed by atoms with Crippen molar-refractivity contribution in [2.24, 2.45) is 5.73 Å². The van der Waals surface area contributed by atoms with Crippen LogP contribution < -0.4 is 20.1 Å². The van der Waals surface area contributed by atoms with Gasteiger partial charge in [-0.1, -0.05) is 0 Å². The summed E-state index contributed by atoms with van der Waals surface area (Å²) in [5.74, 6) is -0.102. The molecular weight excluding hydrogens is 346 g/mol. The van der Waals surface area contributed by atoms with Crippen LogP contribution in [0, 0.1) is 0 Å². The molecular formula is C15H19N5O4S. The quantitative estimate of drug-likeness (QED) is 0.714. The van der Waals surface area contributed by atoms with Crippen molar-refractivity contribution in [1.29, 1.82) is 0 Å². The molecule has 0 radical (unpaired) electrons. The first-order chi connectivity index (χ1) is 11.7. The van der Waals surface area contributed by atoms with E-state index in [1.165, 1.54) is 25.3 Å². The van der Waals surface area contributed by atoms with E-state index in [-0.39, 0.29) is 22.8 Å². The van der Waals surface area contributed by atoms with Crippen molar-refractivity contribution in [2.75, 3.05) is 26.1 Å². The molecule has 0 spiro atoms. The highest BCUT2D eigenvalue weighted by Gasteiger charge is 2.18. The van der Waals surface area contributed by atoms with Gasteiger partial charge in [0.15, 0.2) is 0 Å². The number of amides is 1. The molecule has 2 rings (SSSR count). The zero-order valence-corrected chi connectivity index (χ0v) is 14.9. The van der Waals surface area contributed by atoms with E-state index in [2.05, 4.69) is 14.7 Å². The lowest BCUT2D eigenvalue weighted by molar-refractivity contribution is 0.0997. The zero-order valence-electron chi connectivity index (χ0n) is 14.1. The molecule has 1 aromatic carbocycles. The average Bonchev–Trinajstić information content (AvgIpc) is 2.59. The van der Waals surface area contributed by atoms with Crippen molar-refractivity contribution < 1.29 is 17.9 Å². The van der Waals surface area contributed by atoms with Gasteiger partial charge < -0.3 is 15.4 Å². The molecule has 1 amide bonds. The largest absolute Gasteiger partial charge is 0.496 e. The second-order valence-electron chi connectivity index (χ2n) is 5.29. The van der Waals surface area contributed by atoms with Gasteiger partial charge in [0.1, 0.15) is 5.75 Å². The van der Waals surface area contributed by atoms with Crippen LogP contribution in [0.4, 0.5) is 5.95 Å². The van der Waals surface area contributed by atoms with Crippen LogP contribution in [0.5, 0.6) is 5.75 Å². The normalized spacial score (nSPS) is 11.2. The van der Waals surface area contributed by atoms with E-state index >= 15 is 0 Å². The summed E-state index contributed by atoms with van der Waals surface area (Å²) in [7, 11) is 1.07. The number of rotatable bonds is 7. The van der Waals surface area contributed by atoms with Crippen molar-refractivity contribution >= 4 is 21.9 Å². The van der Waals surface area contributed by atoms with Crippen LogP contribution in [-0.4, -0.2) is 45.5 Å². The minimum atomic E-state index is -3.86. The number of carbonyl (C=O) groups is 1. The van der Waals surface area contributed by atoms with E-state index in [1.807, 2.05) is 0 Å². The summed E-state index contributed by atoms with van der Waals surface area (Å²) in [6.07, 6.45) is 1.55. The monoisotopic (exact) mass is 365 g/mol. The Morgan fingerprint density at radius 3 is 2.64 bits per heavy atom. The Morgan fingerprint density at radius 2 is 2.04 bits per heavy atom. The van der Waals surface area contributed by atoms with E-state index in [0.717, 1.165) is 0 Å². The third-order valence-corrected chi connectivity index (χ3v) is 4.69. The molecule has 0 aliphatic rings. The number of benzene rings is 1. The molecule has 0 saturated carbocycles. The van der Waals surface area contributed by atoms with Crippen LogP contribution in [0.2, 0.25) is 0 Å². The van der Waals surface area contributed by atoms with Gasteiger partial charge in [0.25, 0.3) is 5.91 Å². The number of nitrogens with one attached hydrogen (secondary N) is 1. The lowest BCUT2D eigenvalue weighted by Gasteiger charge is -2.12. The third-order valence-electron chi connectivity index (χ3n) is 3.29. The van der Waals surface area contributed by atoms with Gasteiger partial charge in [0.2, 0.25) is 16.0 Å². The minimum Gasteiger partial charge on any atom is -0.496 e. The Balaban J connectivity index is 2.23. The van der Waals surface area contributed by atoms with Gasteiger partial charge in [0.05, 0.1) is 29.8 Å². The first kappa shape index (κ1) is 18.6. The van der Waals surface area contributed by atoms with E-state index in [0.29, 0.717) is 11.6 Å². The minimum absolute atomic E-state index is 0.0118. The summed E-state index contributed by atoms with van der Waals surface area (Å²) < 4.78 is 32.3. The molecule has 0 bridgehead atoms. The standard InChI is InChI=1S/C15H19N5O4S/c1-20(2)15-17-7-6-10(19-15)9-18-25(22,23)11-4-5-13(24-3)12(8-11)14(16)21/h4-8,18H,9H2,1-3H3,(H2,16,21). The number of hydrogen-bond donors (Lipinski definition) is 2. The molecule has 9 nitrogen and oxygen atoms in total. The fraction of sp³-hybridized carbons (Fsp3) is 0.267. The van der Waals surface area contributed by atoms with Crippen molar-refractivity contribution in [3.63, 3.8) is 0 Å². The van der Waals surface area contributed by atoms with Gasteiger partial charge in [-0.3, -0.25) is 4.79 Å². The number of methoxy groups -OCH3 is 1. The molecule has 0 fully saturated rings. The van der Waals surface area contributed by atoms with Gasteiger partial charge in [-0.05, 0) is 24.3 Å². The van der Waals surface area contributed by atoms with Crippen LogP contribution in [-0.2, 0) is 16.6 Å². The molecule has 134 valence electrons. The fourth-order valence-electron chi connectivity index (χ4n) is 2.00. The summed E-state index contributed by atoms with van der Waals surface area (Å²) in [5.41, 5.74) is 5.75. The predicted octanol–water partition coefficient (Wildman–Crippen LogP) is 0.129. The molecule has 2 aromatic rings. The highest BCUT2D eigenvalue weighted by atomic mass is 32.2. The SMILES string of the molecule is COc1ccc(S(=O)(=O)NCc2ccnc(N(C)C)n2)cc1C(N)=O. The molecule has 25 heavy (non-hydrogen) atoms. The average molecular weight is 365 g/mol. The van der Waals surface area contributed by atoms with E-state index in [4.69, 9.17) is 10.5 Å². The smallest absolute Gasteiger partial charge is 0.252 e. The molecule has 1 aromatic heterocycles. The molecule has 3 N–H and O–H groups in total. The summed E-state index contributed by atoms with van der Waals surface area (Å²) in [4.78, 5) is 21.4. The lowest BCUT2D eigenvalue weighted by Crippen LogP contribution is -2.25. The Morgan fingerprint density at radius 1 is 1.32 bits per heavy atom. The summed E-state index contributed by atoms with van der Waals surface area (Å²) >= 11 is 0. The number of aromatic nitrogens is 2. The molecule has 10 heteroatoms. The number of carbonyl (C=O) groups excluding carboxylic acids is 1. The fourth-order valence-corrected chi connectivity index (χ4v) is 3.02. The molecule has 1 heterocycles. The predicted molar refractivity (Wildman–Crippen MR) is 91.9 cm³/mol. The van der Waals surface area contributed by atoms with E-state index in [1.54, 1.807) is 31.3 Å². The van der Waals surface area contributed by atoms with Gasteiger partial charge in [-0.2, -0.15) is 0 Å². The number of primary amides is 1. The number of ether oxygens (including phenoxy) is 1. The summed E-state index contributed by atoms with van der Waals surface area (Å²) in [6.45, 7) is -0.0242. The van der Waals surface area contributed by atoms with Crippen molar-refractivity contribution in [3.05, 3.63) is 41.7 Å². The Kier molecular flexibility index (Phi) is 5.55. The van der Waals surface area contributed by atoms with Crippen LogP contribution >= 0.6 is 0 Å². The maximum absolute atomic E-state index is 12.4. The summed E-state index contributed by atoms with van der Waals surface area (Å²) in [6, 6.07) is 5.50. The van der Waals surface area contributed by atoms with Gasteiger partial charge in [-0.25, -0.2) is 23.1 Å². The second kappa shape index (κ2) is 7.45. The van der Waals surface area contributed by atoms with Crippen LogP contribution in [0.3, 0.4) is 0 Å². The maximum Gasteiger partial charge on any atom is 0.252 e. The van der Waals surface area contributed by atoms with Gasteiger partial charge >= 0.3 is 0 Å². The zero-order chi connectivity index (χ0) is 18.6. The molecule has 0 unspecified atom stereocenters. The van der Waals surface area contributed by atoms with Crippen LogP contribution in [0.1, 0.15) is 16.1 Å². The van der Waals surface area contributed by atoms with Crippen LogP contribution in [0.25, 0.3) is 0 Å². The Labute approximate surface area is 145 Å². The number of nitrogens with two attached hydrogens (primary N) is 1. The Bertz CT molecular complexity index is 883. The lowest BCUT2D eigenvalue weighted by atomic mass is 10.2. The second-order valence-corrected chi connectivity index (χ2v) is 7.06. The topological polar surface area (TPSA) is 128 Å². The first-order valence-electron chi connectivity index (χ1n) is 7.21. The van der Waals surface area contributed by atoms with Gasteiger partial charge in [-0.15, -0.1) is 0 Å². The van der Waals surface area contributed by atoms with Crippen LogP contribution in [0.15, 0.2) is 35.4 Å².